The normalized spacial score (nSPS) is 10.6. The molecule has 1 N–H and O–H groups in total. The van der Waals surface area contributed by atoms with E-state index in [1.54, 1.807) is 21.5 Å². The molecular weight excluding hydrogens is 276 g/mol. The van der Waals surface area contributed by atoms with Crippen LogP contribution in [0.25, 0.3) is 11.4 Å². The molecule has 3 aromatic rings. The van der Waals surface area contributed by atoms with Gasteiger partial charge in [0, 0.05) is 0 Å². The highest BCUT2D eigenvalue weighted by Gasteiger charge is 2.27. The molecule has 0 bridgehead atoms. The van der Waals surface area contributed by atoms with E-state index < -0.39 is 5.97 Å². The van der Waals surface area contributed by atoms with Gasteiger partial charge in [-0.2, -0.15) is 9.13 Å². The predicted octanol–water partition coefficient (Wildman–Crippen LogP) is 3.07. The lowest BCUT2D eigenvalue weighted by atomic mass is 10.2. The number of rotatable bonds is 3. The van der Waals surface area contributed by atoms with Crippen molar-refractivity contribution in [2.45, 2.75) is 13.8 Å². The van der Waals surface area contributed by atoms with Crippen molar-refractivity contribution in [3.8, 4) is 11.4 Å². The van der Waals surface area contributed by atoms with Crippen molar-refractivity contribution in [3.63, 3.8) is 0 Å². The molecule has 4 nitrogen and oxygen atoms in total. The number of carboxylic acids is 1. The van der Waals surface area contributed by atoms with Gasteiger partial charge in [0.15, 0.2) is 0 Å². The summed E-state index contributed by atoms with van der Waals surface area (Å²) in [6.07, 6.45) is 3.56. The van der Waals surface area contributed by atoms with Crippen LogP contribution in [0.15, 0.2) is 60.9 Å². The Morgan fingerprint density at radius 1 is 1.05 bits per heavy atom. The second kappa shape index (κ2) is 5.48. The van der Waals surface area contributed by atoms with Crippen LogP contribution in [0, 0.1) is 13.8 Å². The minimum atomic E-state index is -0.965. The molecule has 0 spiro atoms. The summed E-state index contributed by atoms with van der Waals surface area (Å²) in [4.78, 5) is 11.8. The van der Waals surface area contributed by atoms with Crippen LogP contribution in [0.2, 0.25) is 0 Å². The first-order valence-electron chi connectivity index (χ1n) is 7.06. The molecule has 3 rings (SSSR count). The summed E-state index contributed by atoms with van der Waals surface area (Å²) in [5, 5.41) is 9.65. The molecule has 110 valence electrons. The summed E-state index contributed by atoms with van der Waals surface area (Å²) >= 11 is 0. The second-order valence-electron chi connectivity index (χ2n) is 5.34. The summed E-state index contributed by atoms with van der Waals surface area (Å²) in [7, 11) is 0. The van der Waals surface area contributed by atoms with Gasteiger partial charge in [-0.3, -0.25) is 0 Å². The molecule has 0 aliphatic rings. The third-order valence-electron chi connectivity index (χ3n) is 3.57. The van der Waals surface area contributed by atoms with Gasteiger partial charge in [0.1, 0.15) is 23.8 Å². The molecule has 4 heteroatoms. The maximum absolute atomic E-state index is 11.8. The maximum Gasteiger partial charge on any atom is 0.420 e. The van der Waals surface area contributed by atoms with Crippen LogP contribution in [0.1, 0.15) is 21.7 Å². The molecule has 0 amide bonds. The number of aromatic nitrogens is 2. The van der Waals surface area contributed by atoms with Crippen LogP contribution in [-0.4, -0.2) is 15.6 Å². The third kappa shape index (κ3) is 2.51. The highest BCUT2D eigenvalue weighted by atomic mass is 16.4. The van der Waals surface area contributed by atoms with Crippen LogP contribution in [0.4, 0.5) is 0 Å². The number of benzene rings is 2. The van der Waals surface area contributed by atoms with Gasteiger partial charge in [0.2, 0.25) is 0 Å². The zero-order chi connectivity index (χ0) is 15.7. The van der Waals surface area contributed by atoms with E-state index in [1.165, 1.54) is 0 Å². The number of carboxylic acid groups (broad SMARTS) is 1. The molecule has 0 aliphatic heterocycles. The Morgan fingerprint density at radius 2 is 1.73 bits per heavy atom. The van der Waals surface area contributed by atoms with Crippen molar-refractivity contribution in [1.82, 2.24) is 4.57 Å². The third-order valence-corrected chi connectivity index (χ3v) is 3.57. The maximum atomic E-state index is 11.8. The van der Waals surface area contributed by atoms with Crippen LogP contribution >= 0.6 is 0 Å². The highest BCUT2D eigenvalue weighted by Crippen LogP contribution is 2.14. The lowest BCUT2D eigenvalue weighted by Gasteiger charge is -2.03. The Balaban J connectivity index is 2.20. The first-order valence-corrected chi connectivity index (χ1v) is 7.06. The molecule has 1 heterocycles. The minimum absolute atomic E-state index is 0.205. The largest absolute Gasteiger partial charge is 0.472 e. The van der Waals surface area contributed by atoms with Gasteiger partial charge in [0.25, 0.3) is 0 Å². The van der Waals surface area contributed by atoms with E-state index in [9.17, 15) is 9.90 Å². The van der Waals surface area contributed by atoms with Gasteiger partial charge in [-0.05, 0) is 49.2 Å². The zero-order valence-electron chi connectivity index (χ0n) is 12.5. The fourth-order valence-corrected chi connectivity index (χ4v) is 2.57. The Kier molecular flexibility index (Phi) is 3.51. The van der Waals surface area contributed by atoms with E-state index in [-0.39, 0.29) is 5.82 Å². The van der Waals surface area contributed by atoms with Gasteiger partial charge < -0.3 is 5.11 Å². The average molecular weight is 293 g/mol. The van der Waals surface area contributed by atoms with E-state index in [2.05, 4.69) is 0 Å². The van der Waals surface area contributed by atoms with E-state index in [1.807, 2.05) is 62.4 Å². The van der Waals surface area contributed by atoms with Gasteiger partial charge in [-0.25, -0.2) is 4.79 Å². The van der Waals surface area contributed by atoms with Crippen molar-refractivity contribution in [3.05, 3.63) is 77.9 Å². The number of imidazole rings is 1. The summed E-state index contributed by atoms with van der Waals surface area (Å²) < 4.78 is 3.38. The average Bonchev–Trinajstić information content (AvgIpc) is 2.92. The summed E-state index contributed by atoms with van der Waals surface area (Å²) in [6.45, 7) is 3.98. The summed E-state index contributed by atoms with van der Waals surface area (Å²) in [5.41, 5.74) is 3.85. The Morgan fingerprint density at radius 3 is 2.36 bits per heavy atom. The highest BCUT2D eigenvalue weighted by molar-refractivity contribution is 5.83. The van der Waals surface area contributed by atoms with Crippen molar-refractivity contribution in [1.29, 1.82) is 0 Å². The molecule has 2 aromatic carbocycles. The lowest BCUT2D eigenvalue weighted by Crippen LogP contribution is -2.37. The molecule has 0 aliphatic carbocycles. The number of carbonyl (C=O) groups is 1. The number of hydrogen-bond donors (Lipinski definition) is 1. The van der Waals surface area contributed by atoms with E-state index in [0.717, 1.165) is 22.5 Å². The van der Waals surface area contributed by atoms with E-state index in [4.69, 9.17) is 0 Å². The Labute approximate surface area is 128 Å². The quantitative estimate of drug-likeness (QED) is 0.754. The first-order chi connectivity index (χ1) is 10.6. The Hall–Kier alpha value is -2.88. The standard InChI is InChI=1S/C18H16N2O2/c1-13-5-3-7-15(11-13)19-9-10-20(17(19)18(21)22)16-8-4-6-14(2)12-16/h3-12H,1-2H3/p+1. The van der Waals surface area contributed by atoms with Gasteiger partial charge in [-0.15, -0.1) is 0 Å². The molecule has 1 aromatic heterocycles. The number of hydrogen-bond acceptors (Lipinski definition) is 1. The molecule has 0 unspecified atom stereocenters. The van der Waals surface area contributed by atoms with Crippen LogP contribution in [0.5, 0.6) is 0 Å². The zero-order valence-corrected chi connectivity index (χ0v) is 12.5. The smallest absolute Gasteiger partial charge is 0.420 e. The van der Waals surface area contributed by atoms with Gasteiger partial charge in [0.05, 0.1) is 0 Å². The summed E-state index contributed by atoms with van der Waals surface area (Å²) in [5.74, 6) is -0.760. The van der Waals surface area contributed by atoms with Crippen molar-refractivity contribution in [2.75, 3.05) is 0 Å². The van der Waals surface area contributed by atoms with Crippen LogP contribution in [0.3, 0.4) is 0 Å². The lowest BCUT2D eigenvalue weighted by molar-refractivity contribution is -0.597. The molecule has 0 atom stereocenters. The first kappa shape index (κ1) is 14.1. The van der Waals surface area contributed by atoms with Gasteiger partial charge in [-0.1, -0.05) is 24.3 Å². The van der Waals surface area contributed by atoms with Crippen molar-refractivity contribution in [2.24, 2.45) is 0 Å². The monoisotopic (exact) mass is 293 g/mol. The fraction of sp³-hybridized carbons (Fsp3) is 0.111. The van der Waals surface area contributed by atoms with Crippen molar-refractivity contribution < 1.29 is 14.5 Å². The minimum Gasteiger partial charge on any atom is -0.472 e. The van der Waals surface area contributed by atoms with Gasteiger partial charge >= 0.3 is 11.8 Å². The van der Waals surface area contributed by atoms with Crippen molar-refractivity contribution >= 4 is 5.97 Å². The molecule has 0 saturated heterocycles. The van der Waals surface area contributed by atoms with Crippen LogP contribution < -0.4 is 4.57 Å². The Bertz CT molecular complexity index is 787. The number of nitrogens with zero attached hydrogens (tertiary/aromatic N) is 2. The van der Waals surface area contributed by atoms with E-state index >= 15 is 0 Å². The molecule has 22 heavy (non-hydrogen) atoms. The molecule has 0 saturated carbocycles. The number of aromatic carboxylic acids is 1. The fourth-order valence-electron chi connectivity index (χ4n) is 2.57. The molecular formula is C18H17N2O2+. The predicted molar refractivity (Wildman–Crippen MR) is 83.7 cm³/mol. The SMILES string of the molecule is Cc1cccc(-n2cc[n+](-c3cccc(C)c3)c2C(=O)O)c1. The van der Waals surface area contributed by atoms with Crippen LogP contribution in [-0.2, 0) is 0 Å². The molecule has 0 radical (unpaired) electrons. The topological polar surface area (TPSA) is 46.1 Å². The van der Waals surface area contributed by atoms with E-state index in [0.29, 0.717) is 0 Å². The number of aryl methyl sites for hydroxylation is 2. The summed E-state index contributed by atoms with van der Waals surface area (Å²) in [6, 6.07) is 15.6. The molecule has 0 fully saturated rings. The second-order valence-corrected chi connectivity index (χ2v) is 5.34.